The third-order valence-corrected chi connectivity index (χ3v) is 3.31. The minimum absolute atomic E-state index is 0.217. The van der Waals surface area contributed by atoms with Crippen molar-refractivity contribution in [2.45, 2.75) is 0 Å². The number of hydrogen-bond acceptors (Lipinski definition) is 4. The monoisotopic (exact) mass is 284 g/mol. The molecule has 2 aromatic rings. The summed E-state index contributed by atoms with van der Waals surface area (Å²) in [6.07, 6.45) is 1.65. The molecule has 0 saturated carbocycles. The van der Waals surface area contributed by atoms with E-state index in [1.54, 1.807) is 37.5 Å². The van der Waals surface area contributed by atoms with Gasteiger partial charge in [-0.05, 0) is 18.2 Å². The molecule has 7 heteroatoms. The SMILES string of the molecule is CN1C(=O)c2cccc(NC(=O)c3ccn(C)n3)c2C1=O. The topological polar surface area (TPSA) is 84.3 Å². The highest BCUT2D eigenvalue weighted by atomic mass is 16.2. The Morgan fingerprint density at radius 1 is 1.14 bits per heavy atom. The number of nitrogens with zero attached hydrogens (tertiary/aromatic N) is 3. The standard InChI is InChI=1S/C14H12N4O3/c1-17-7-6-10(16-17)12(19)15-9-5-3-4-8-11(9)14(21)18(2)13(8)20/h3-7H,1-2H3,(H,15,19). The maximum atomic E-state index is 12.1. The molecule has 3 rings (SSSR count). The van der Waals surface area contributed by atoms with E-state index in [0.29, 0.717) is 11.3 Å². The van der Waals surface area contributed by atoms with Gasteiger partial charge in [-0.3, -0.25) is 24.0 Å². The number of hydrogen-bond donors (Lipinski definition) is 1. The molecule has 0 spiro atoms. The highest BCUT2D eigenvalue weighted by Gasteiger charge is 2.35. The van der Waals surface area contributed by atoms with Crippen molar-refractivity contribution >= 4 is 23.4 Å². The third kappa shape index (κ3) is 1.99. The summed E-state index contributed by atoms with van der Waals surface area (Å²) in [5.74, 6) is -1.23. The van der Waals surface area contributed by atoms with Crippen LogP contribution in [-0.4, -0.2) is 39.4 Å². The molecule has 0 fully saturated rings. The van der Waals surface area contributed by atoms with Crippen LogP contribution in [0.15, 0.2) is 30.5 Å². The third-order valence-electron chi connectivity index (χ3n) is 3.31. The molecule has 21 heavy (non-hydrogen) atoms. The average Bonchev–Trinajstić information content (AvgIpc) is 2.99. The zero-order chi connectivity index (χ0) is 15.1. The van der Waals surface area contributed by atoms with Crippen LogP contribution in [0.25, 0.3) is 0 Å². The number of rotatable bonds is 2. The maximum Gasteiger partial charge on any atom is 0.276 e. The van der Waals surface area contributed by atoms with Gasteiger partial charge in [-0.15, -0.1) is 0 Å². The molecule has 0 bridgehead atoms. The van der Waals surface area contributed by atoms with E-state index < -0.39 is 11.8 Å². The number of nitrogens with one attached hydrogen (secondary N) is 1. The highest BCUT2D eigenvalue weighted by molar-refractivity contribution is 6.24. The summed E-state index contributed by atoms with van der Waals surface area (Å²) in [4.78, 5) is 37.1. The lowest BCUT2D eigenvalue weighted by Gasteiger charge is -2.07. The largest absolute Gasteiger partial charge is 0.320 e. The number of amides is 3. The van der Waals surface area contributed by atoms with Crippen LogP contribution in [0.3, 0.4) is 0 Å². The van der Waals surface area contributed by atoms with Crippen molar-refractivity contribution in [1.82, 2.24) is 14.7 Å². The predicted octanol–water partition coefficient (Wildman–Crippen LogP) is 0.898. The minimum atomic E-state index is -0.432. The Balaban J connectivity index is 1.97. The summed E-state index contributed by atoms with van der Waals surface area (Å²) >= 11 is 0. The molecule has 1 aromatic heterocycles. The van der Waals surface area contributed by atoms with E-state index in [4.69, 9.17) is 0 Å². The summed E-state index contributed by atoms with van der Waals surface area (Å²) in [6.45, 7) is 0. The fourth-order valence-corrected chi connectivity index (χ4v) is 2.23. The van der Waals surface area contributed by atoms with Crippen molar-refractivity contribution in [2.24, 2.45) is 7.05 Å². The second kappa shape index (κ2) is 4.55. The van der Waals surface area contributed by atoms with Gasteiger partial charge in [-0.2, -0.15) is 5.10 Å². The van der Waals surface area contributed by atoms with Crippen LogP contribution in [0.1, 0.15) is 31.2 Å². The van der Waals surface area contributed by atoms with E-state index in [9.17, 15) is 14.4 Å². The first-order valence-corrected chi connectivity index (χ1v) is 6.25. The first kappa shape index (κ1) is 13.0. The summed E-state index contributed by atoms with van der Waals surface area (Å²) < 4.78 is 1.51. The van der Waals surface area contributed by atoms with Gasteiger partial charge < -0.3 is 5.32 Å². The Labute approximate surface area is 120 Å². The van der Waals surface area contributed by atoms with E-state index in [0.717, 1.165) is 4.90 Å². The lowest BCUT2D eigenvalue weighted by Crippen LogP contribution is -2.24. The zero-order valence-corrected chi connectivity index (χ0v) is 11.5. The molecule has 1 aliphatic heterocycles. The number of imide groups is 1. The van der Waals surface area contributed by atoms with E-state index in [1.807, 2.05) is 0 Å². The normalized spacial score (nSPS) is 13.5. The molecule has 3 amide bonds. The van der Waals surface area contributed by atoms with Crippen molar-refractivity contribution in [3.8, 4) is 0 Å². The molecule has 2 heterocycles. The van der Waals surface area contributed by atoms with E-state index in [1.165, 1.54) is 11.7 Å². The Bertz CT molecular complexity index is 778. The van der Waals surface area contributed by atoms with Gasteiger partial charge in [0.05, 0.1) is 16.8 Å². The van der Waals surface area contributed by atoms with Gasteiger partial charge in [-0.1, -0.05) is 6.07 Å². The van der Waals surface area contributed by atoms with Crippen LogP contribution in [-0.2, 0) is 7.05 Å². The Kier molecular flexibility index (Phi) is 2.83. The van der Waals surface area contributed by atoms with Gasteiger partial charge in [0, 0.05) is 20.3 Å². The Morgan fingerprint density at radius 3 is 2.57 bits per heavy atom. The van der Waals surface area contributed by atoms with Gasteiger partial charge in [-0.25, -0.2) is 0 Å². The van der Waals surface area contributed by atoms with Gasteiger partial charge in [0.1, 0.15) is 0 Å². The van der Waals surface area contributed by atoms with Crippen LogP contribution in [0, 0.1) is 0 Å². The van der Waals surface area contributed by atoms with Gasteiger partial charge in [0.25, 0.3) is 17.7 Å². The number of aromatic nitrogens is 2. The number of carbonyl (C=O) groups excluding carboxylic acids is 3. The molecule has 106 valence electrons. The first-order chi connectivity index (χ1) is 9.99. The zero-order valence-electron chi connectivity index (χ0n) is 11.5. The number of aryl methyl sites for hydroxylation is 1. The molecular weight excluding hydrogens is 272 g/mol. The Hall–Kier alpha value is -2.96. The van der Waals surface area contributed by atoms with Crippen molar-refractivity contribution < 1.29 is 14.4 Å². The molecule has 0 saturated heterocycles. The predicted molar refractivity (Wildman–Crippen MR) is 74.0 cm³/mol. The number of carbonyl (C=O) groups is 3. The van der Waals surface area contributed by atoms with Gasteiger partial charge >= 0.3 is 0 Å². The lowest BCUT2D eigenvalue weighted by molar-refractivity contribution is 0.0693. The molecule has 1 aromatic carbocycles. The fraction of sp³-hybridized carbons (Fsp3) is 0.143. The van der Waals surface area contributed by atoms with Crippen molar-refractivity contribution in [2.75, 3.05) is 12.4 Å². The number of fused-ring (bicyclic) bond motifs is 1. The van der Waals surface area contributed by atoms with Crippen LogP contribution in [0.2, 0.25) is 0 Å². The molecule has 7 nitrogen and oxygen atoms in total. The molecule has 0 atom stereocenters. The molecule has 1 N–H and O–H groups in total. The molecule has 1 aliphatic rings. The summed E-state index contributed by atoms with van der Waals surface area (Å²) in [7, 11) is 3.11. The fourth-order valence-electron chi connectivity index (χ4n) is 2.23. The van der Waals surface area contributed by atoms with E-state index in [-0.39, 0.29) is 17.2 Å². The lowest BCUT2D eigenvalue weighted by atomic mass is 10.1. The molecule has 0 aliphatic carbocycles. The number of benzene rings is 1. The van der Waals surface area contributed by atoms with Crippen LogP contribution >= 0.6 is 0 Å². The van der Waals surface area contributed by atoms with Crippen molar-refractivity contribution in [3.63, 3.8) is 0 Å². The average molecular weight is 284 g/mol. The summed E-state index contributed by atoms with van der Waals surface area (Å²) in [5.41, 5.74) is 1.06. The van der Waals surface area contributed by atoms with E-state index in [2.05, 4.69) is 10.4 Å². The van der Waals surface area contributed by atoms with Crippen molar-refractivity contribution in [1.29, 1.82) is 0 Å². The molecule has 0 radical (unpaired) electrons. The van der Waals surface area contributed by atoms with Crippen LogP contribution in [0.4, 0.5) is 5.69 Å². The van der Waals surface area contributed by atoms with Crippen LogP contribution < -0.4 is 5.32 Å². The van der Waals surface area contributed by atoms with Gasteiger partial charge in [0.15, 0.2) is 5.69 Å². The maximum absolute atomic E-state index is 12.1. The highest BCUT2D eigenvalue weighted by Crippen LogP contribution is 2.28. The number of anilines is 1. The Morgan fingerprint density at radius 2 is 1.90 bits per heavy atom. The van der Waals surface area contributed by atoms with Crippen LogP contribution in [0.5, 0.6) is 0 Å². The summed E-state index contributed by atoms with van der Waals surface area (Å²) in [6, 6.07) is 6.34. The quantitative estimate of drug-likeness (QED) is 0.830. The van der Waals surface area contributed by atoms with Gasteiger partial charge in [0.2, 0.25) is 0 Å². The minimum Gasteiger partial charge on any atom is -0.320 e. The smallest absolute Gasteiger partial charge is 0.276 e. The molecule has 0 unspecified atom stereocenters. The second-order valence-electron chi connectivity index (χ2n) is 4.73. The first-order valence-electron chi connectivity index (χ1n) is 6.25. The molecular formula is C14H12N4O3. The van der Waals surface area contributed by atoms with Crippen molar-refractivity contribution in [3.05, 3.63) is 47.3 Å². The second-order valence-corrected chi connectivity index (χ2v) is 4.73. The van der Waals surface area contributed by atoms with E-state index >= 15 is 0 Å². The summed E-state index contributed by atoms with van der Waals surface area (Å²) in [5, 5.41) is 6.62.